The molecule has 36 heavy (non-hydrogen) atoms. The van der Waals surface area contributed by atoms with Gasteiger partial charge in [0.25, 0.3) is 0 Å². The zero-order valence-corrected chi connectivity index (χ0v) is 19.4. The number of para-hydroxylation sites is 1. The van der Waals surface area contributed by atoms with E-state index in [2.05, 4.69) is 32.3 Å². The van der Waals surface area contributed by atoms with Gasteiger partial charge in [-0.05, 0) is 30.7 Å². The number of nitrogens with one attached hydrogen (secondary N) is 3. The highest BCUT2D eigenvalue weighted by Gasteiger charge is 2.36. The van der Waals surface area contributed by atoms with Crippen molar-refractivity contribution in [2.24, 2.45) is 0 Å². The quantitative estimate of drug-likeness (QED) is 0.313. The van der Waals surface area contributed by atoms with E-state index in [1.54, 1.807) is 18.2 Å². The standard InChI is InChI=1S/C26H23FN6O3/c1-2-20-17(13-29-33(20)16-6-4-3-5-7-16)24-19(14-35-24)30-15-8-9-21(18(27)12-15)36-22-10-11-28-25-23(22)31-26(34)32-25/h3-13,19,24,30H,2,14H2,1H3,(H2,28,31,32,34). The second kappa shape index (κ2) is 8.97. The Hall–Kier alpha value is -4.44. The van der Waals surface area contributed by atoms with Gasteiger partial charge in [-0.2, -0.15) is 5.10 Å². The van der Waals surface area contributed by atoms with Crippen LogP contribution in [0.5, 0.6) is 11.5 Å². The van der Waals surface area contributed by atoms with Crippen molar-refractivity contribution < 1.29 is 13.9 Å². The minimum absolute atomic E-state index is 0.0281. The number of hydrogen-bond acceptors (Lipinski definition) is 6. The van der Waals surface area contributed by atoms with E-state index in [1.807, 2.05) is 41.2 Å². The van der Waals surface area contributed by atoms with E-state index in [0.29, 0.717) is 29.2 Å². The number of anilines is 1. The molecule has 2 aromatic carbocycles. The van der Waals surface area contributed by atoms with Gasteiger partial charge in [-0.1, -0.05) is 25.1 Å². The molecule has 4 heterocycles. The van der Waals surface area contributed by atoms with Crippen LogP contribution in [0.15, 0.2) is 71.8 Å². The van der Waals surface area contributed by atoms with Gasteiger partial charge in [0.15, 0.2) is 23.0 Å². The molecule has 0 saturated carbocycles. The predicted molar refractivity (Wildman–Crippen MR) is 132 cm³/mol. The van der Waals surface area contributed by atoms with Crippen molar-refractivity contribution in [3.8, 4) is 17.2 Å². The number of ether oxygens (including phenoxy) is 2. The van der Waals surface area contributed by atoms with Gasteiger partial charge in [-0.15, -0.1) is 0 Å². The maximum absolute atomic E-state index is 14.9. The first-order chi connectivity index (χ1) is 17.6. The molecule has 9 nitrogen and oxygen atoms in total. The lowest BCUT2D eigenvalue weighted by Gasteiger charge is -2.38. The van der Waals surface area contributed by atoms with Gasteiger partial charge in [0.1, 0.15) is 11.6 Å². The van der Waals surface area contributed by atoms with Crippen LogP contribution in [0, 0.1) is 5.82 Å². The zero-order valence-electron chi connectivity index (χ0n) is 19.4. The second-order valence-corrected chi connectivity index (χ2v) is 8.51. The lowest BCUT2D eigenvalue weighted by atomic mass is 9.97. The molecule has 6 rings (SSSR count). The van der Waals surface area contributed by atoms with Crippen molar-refractivity contribution in [1.82, 2.24) is 24.7 Å². The average Bonchev–Trinajstić information content (AvgIpc) is 3.47. The number of imidazole rings is 1. The number of hydrogen-bond donors (Lipinski definition) is 3. The molecule has 1 aliphatic rings. The monoisotopic (exact) mass is 486 g/mol. The van der Waals surface area contributed by atoms with Gasteiger partial charge in [-0.3, -0.25) is 4.98 Å². The number of fused-ring (bicyclic) bond motifs is 1. The normalized spacial score (nSPS) is 17.2. The molecule has 10 heteroatoms. The van der Waals surface area contributed by atoms with E-state index in [-0.39, 0.29) is 17.9 Å². The maximum Gasteiger partial charge on any atom is 0.325 e. The van der Waals surface area contributed by atoms with Crippen LogP contribution < -0.4 is 15.7 Å². The first-order valence-electron chi connectivity index (χ1n) is 11.7. The van der Waals surface area contributed by atoms with Gasteiger partial charge in [0, 0.05) is 35.3 Å². The summed E-state index contributed by atoms with van der Waals surface area (Å²) in [7, 11) is 0. The highest BCUT2D eigenvalue weighted by molar-refractivity contribution is 5.77. The van der Waals surface area contributed by atoms with Crippen LogP contribution in [0.25, 0.3) is 16.9 Å². The van der Waals surface area contributed by atoms with E-state index in [0.717, 1.165) is 23.4 Å². The van der Waals surface area contributed by atoms with E-state index >= 15 is 0 Å². The fourth-order valence-corrected chi connectivity index (χ4v) is 4.49. The average molecular weight is 487 g/mol. The Morgan fingerprint density at radius 2 is 2.03 bits per heavy atom. The molecule has 3 aromatic heterocycles. The number of aromatic amines is 2. The lowest BCUT2D eigenvalue weighted by Crippen LogP contribution is -2.44. The Morgan fingerprint density at radius 3 is 2.78 bits per heavy atom. The Bertz CT molecular complexity index is 1590. The minimum Gasteiger partial charge on any atom is -0.452 e. The van der Waals surface area contributed by atoms with Crippen molar-refractivity contribution in [2.75, 3.05) is 11.9 Å². The number of H-pyrrole nitrogens is 2. The molecule has 0 spiro atoms. The number of nitrogens with zero attached hydrogens (tertiary/aromatic N) is 3. The summed E-state index contributed by atoms with van der Waals surface area (Å²) in [6, 6.07) is 16.2. The first-order valence-corrected chi connectivity index (χ1v) is 11.7. The predicted octanol–water partition coefficient (Wildman–Crippen LogP) is 4.48. The van der Waals surface area contributed by atoms with Gasteiger partial charge >= 0.3 is 5.69 Å². The fraction of sp³-hybridized carbons (Fsp3) is 0.192. The summed E-state index contributed by atoms with van der Waals surface area (Å²) in [5, 5.41) is 7.97. The summed E-state index contributed by atoms with van der Waals surface area (Å²) in [5.74, 6) is -0.201. The Balaban J connectivity index is 1.20. The van der Waals surface area contributed by atoms with Crippen LogP contribution >= 0.6 is 0 Å². The first kappa shape index (κ1) is 22.1. The SMILES string of the molecule is CCc1c(C2OCC2Nc2ccc(Oc3ccnc4[nH]c(=O)[nH]c34)c(F)c2)cnn1-c1ccccc1. The third kappa shape index (κ3) is 3.91. The van der Waals surface area contributed by atoms with Gasteiger partial charge in [0.05, 0.1) is 24.5 Å². The summed E-state index contributed by atoms with van der Waals surface area (Å²) in [6.45, 7) is 2.59. The molecule has 1 fully saturated rings. The van der Waals surface area contributed by atoms with Crippen molar-refractivity contribution in [3.63, 3.8) is 0 Å². The van der Waals surface area contributed by atoms with Crippen molar-refractivity contribution in [2.45, 2.75) is 25.5 Å². The van der Waals surface area contributed by atoms with Crippen LogP contribution in [0.2, 0.25) is 0 Å². The minimum atomic E-state index is -0.536. The Morgan fingerprint density at radius 1 is 1.17 bits per heavy atom. The van der Waals surface area contributed by atoms with Gasteiger partial charge in [-0.25, -0.2) is 18.9 Å². The molecule has 0 amide bonds. The highest BCUT2D eigenvalue weighted by atomic mass is 19.1. The molecule has 0 radical (unpaired) electrons. The summed E-state index contributed by atoms with van der Waals surface area (Å²) in [5.41, 5.74) is 4.02. The third-order valence-corrected chi connectivity index (χ3v) is 6.25. The van der Waals surface area contributed by atoms with Crippen LogP contribution in [0.1, 0.15) is 24.3 Å². The van der Waals surface area contributed by atoms with E-state index in [9.17, 15) is 9.18 Å². The number of aromatic nitrogens is 5. The zero-order chi connectivity index (χ0) is 24.6. The lowest BCUT2D eigenvalue weighted by molar-refractivity contribution is -0.0673. The summed E-state index contributed by atoms with van der Waals surface area (Å²) >= 11 is 0. The molecule has 1 aliphatic heterocycles. The molecule has 2 unspecified atom stereocenters. The molecule has 5 aromatic rings. The van der Waals surface area contributed by atoms with Gasteiger partial charge < -0.3 is 19.8 Å². The number of halogens is 1. The summed E-state index contributed by atoms with van der Waals surface area (Å²) in [4.78, 5) is 20.8. The molecule has 0 bridgehead atoms. The van der Waals surface area contributed by atoms with E-state index < -0.39 is 11.5 Å². The van der Waals surface area contributed by atoms with Crippen LogP contribution in [-0.4, -0.2) is 37.4 Å². The van der Waals surface area contributed by atoms with E-state index in [1.165, 1.54) is 12.3 Å². The molecule has 2 atom stereocenters. The molecule has 3 N–H and O–H groups in total. The Labute approximate surface area is 204 Å². The van der Waals surface area contributed by atoms with Crippen molar-refractivity contribution in [3.05, 3.63) is 94.5 Å². The smallest absolute Gasteiger partial charge is 0.325 e. The van der Waals surface area contributed by atoms with E-state index in [4.69, 9.17) is 9.47 Å². The molecular weight excluding hydrogens is 463 g/mol. The highest BCUT2D eigenvalue weighted by Crippen LogP contribution is 2.36. The summed E-state index contributed by atoms with van der Waals surface area (Å²) in [6.07, 6.45) is 3.94. The number of pyridine rings is 1. The maximum atomic E-state index is 14.9. The number of rotatable bonds is 7. The van der Waals surface area contributed by atoms with Crippen molar-refractivity contribution in [1.29, 1.82) is 0 Å². The second-order valence-electron chi connectivity index (χ2n) is 8.51. The molecule has 182 valence electrons. The third-order valence-electron chi connectivity index (χ3n) is 6.25. The van der Waals surface area contributed by atoms with Crippen LogP contribution in [0.4, 0.5) is 10.1 Å². The molecule has 1 saturated heterocycles. The van der Waals surface area contributed by atoms with Crippen LogP contribution in [0.3, 0.4) is 0 Å². The number of benzene rings is 2. The Kier molecular flexibility index (Phi) is 5.49. The molecule has 0 aliphatic carbocycles. The van der Waals surface area contributed by atoms with Crippen molar-refractivity contribution >= 4 is 16.9 Å². The fourth-order valence-electron chi connectivity index (χ4n) is 4.49. The largest absolute Gasteiger partial charge is 0.452 e. The molecular formula is C26H23FN6O3. The summed E-state index contributed by atoms with van der Waals surface area (Å²) < 4.78 is 28.5. The topological polar surface area (TPSA) is 110 Å². The van der Waals surface area contributed by atoms with Gasteiger partial charge in [0.2, 0.25) is 0 Å². The van der Waals surface area contributed by atoms with Crippen LogP contribution in [-0.2, 0) is 11.2 Å².